The van der Waals surface area contributed by atoms with E-state index >= 15 is 0 Å². The number of nitrogens with one attached hydrogen (secondary N) is 1. The van der Waals surface area contributed by atoms with E-state index in [0.717, 1.165) is 83.5 Å². The fourth-order valence-electron chi connectivity index (χ4n) is 12.4. The molecule has 0 spiro atoms. The molecular weight excluding hydrogens is 861 g/mol. The molecule has 10 atom stereocenters. The van der Waals surface area contributed by atoms with Crippen LogP contribution >= 0.6 is 0 Å². The van der Waals surface area contributed by atoms with Crippen LogP contribution in [0.4, 0.5) is 0 Å². The Morgan fingerprint density at radius 3 is 1.69 bits per heavy atom. The summed E-state index contributed by atoms with van der Waals surface area (Å²) in [7, 11) is 0. The van der Waals surface area contributed by atoms with Crippen LogP contribution in [0.3, 0.4) is 0 Å². The summed E-state index contributed by atoms with van der Waals surface area (Å²) in [5.41, 5.74) is 17.8. The van der Waals surface area contributed by atoms with Gasteiger partial charge in [-0.05, 0) is 132 Å². The highest BCUT2D eigenvalue weighted by Crippen LogP contribution is 2.64. The minimum absolute atomic E-state index is 0.0340. The van der Waals surface area contributed by atoms with Gasteiger partial charge in [0.15, 0.2) is 0 Å². The standard InChI is InChI=1S/C49H92N8O10/c1-36-29-39(65-26-6-14-50)11-4-10-38-31-43(67-28-8-16-52)49(3)40(12-13-41(49)48(38)42(30-36)66-27-7-15-51)37(2)9-5-17-53-44(58)32-54-18-20-55(33-45(59)60)22-24-57(35-47(63)64)25-23-56(21-19-54)34-46(61)62/h36-43,48H,4-35,50-52H2,1-3H3,(H,53,58)(H,59,60)(H,61,62)(H,63,64)/t36?,37-,38+,39-,40?,41?,42-,43+,48+,49?/m1/s1. The van der Waals surface area contributed by atoms with Gasteiger partial charge >= 0.3 is 17.9 Å². The molecule has 0 aromatic carbocycles. The molecule has 1 amide bonds. The number of aliphatic carboxylic acids is 3. The van der Waals surface area contributed by atoms with E-state index in [1.807, 2.05) is 4.90 Å². The summed E-state index contributed by atoms with van der Waals surface area (Å²) in [6.45, 7) is 14.0. The third-order valence-corrected chi connectivity index (χ3v) is 15.7. The Bertz CT molecular complexity index is 1440. The number of carboxylic acids is 3. The number of hydrogen-bond donors (Lipinski definition) is 7. The Morgan fingerprint density at radius 2 is 1.16 bits per heavy atom. The van der Waals surface area contributed by atoms with Gasteiger partial charge in [-0.2, -0.15) is 0 Å². The molecule has 67 heavy (non-hydrogen) atoms. The van der Waals surface area contributed by atoms with Crippen LogP contribution in [-0.2, 0) is 33.4 Å². The maximum Gasteiger partial charge on any atom is 0.317 e. The van der Waals surface area contributed by atoms with Crippen molar-refractivity contribution in [2.75, 3.05) is 125 Å². The first-order valence-electron chi connectivity index (χ1n) is 25.9. The molecule has 10 N–H and O–H groups in total. The van der Waals surface area contributed by atoms with E-state index in [1.54, 1.807) is 14.7 Å². The van der Waals surface area contributed by atoms with Crippen LogP contribution < -0.4 is 22.5 Å². The van der Waals surface area contributed by atoms with Gasteiger partial charge in [-0.25, -0.2) is 0 Å². The fourth-order valence-corrected chi connectivity index (χ4v) is 12.4. The van der Waals surface area contributed by atoms with Crippen molar-refractivity contribution < 1.29 is 48.7 Å². The number of nitrogens with zero attached hydrogens (tertiary/aromatic N) is 4. The number of fused-ring (bicyclic) bond motifs is 3. The van der Waals surface area contributed by atoms with E-state index in [4.69, 9.17) is 31.4 Å². The van der Waals surface area contributed by atoms with Gasteiger partial charge in [0.1, 0.15) is 0 Å². The molecule has 18 nitrogen and oxygen atoms in total. The molecule has 0 radical (unpaired) electrons. The molecule has 4 fully saturated rings. The second kappa shape index (κ2) is 30.3. The van der Waals surface area contributed by atoms with Crippen LogP contribution in [0.5, 0.6) is 0 Å². The Balaban J connectivity index is 1.43. The average molecular weight is 953 g/mol. The van der Waals surface area contributed by atoms with Crippen molar-refractivity contribution in [2.24, 2.45) is 58.1 Å². The summed E-state index contributed by atoms with van der Waals surface area (Å²) in [6.07, 6.45) is 13.6. The Kier molecular flexibility index (Phi) is 25.8. The number of carbonyl (C=O) groups is 4. The van der Waals surface area contributed by atoms with Crippen molar-refractivity contribution in [3.8, 4) is 0 Å². The number of amides is 1. The maximum atomic E-state index is 13.5. The Morgan fingerprint density at radius 1 is 0.657 bits per heavy atom. The first kappa shape index (κ1) is 57.1. The highest BCUT2D eigenvalue weighted by molar-refractivity contribution is 5.78. The SMILES string of the molecule is CC1C[C@H](OCCCN)CCC[C@H]2C[C@H](OCCCN)C3(C)C(CCC3[C@H](C)CCCNC(=O)CN3CCN(CC(=O)O)CCN(CC(=O)O)CCN(CC(=O)O)CC3)[C@H]2[C@H](OCCCN)C1. The van der Waals surface area contributed by atoms with Crippen LogP contribution in [0.15, 0.2) is 0 Å². The van der Waals surface area contributed by atoms with Crippen molar-refractivity contribution in [1.29, 1.82) is 0 Å². The van der Waals surface area contributed by atoms with Gasteiger partial charge in [0, 0.05) is 84.1 Å². The first-order chi connectivity index (χ1) is 32.2. The lowest BCUT2D eigenvalue weighted by Crippen LogP contribution is -2.56. The second-order valence-electron chi connectivity index (χ2n) is 20.7. The van der Waals surface area contributed by atoms with Crippen LogP contribution in [0, 0.1) is 40.9 Å². The molecule has 4 rings (SSSR count). The second-order valence-corrected chi connectivity index (χ2v) is 20.7. The summed E-state index contributed by atoms with van der Waals surface area (Å²) in [4.78, 5) is 55.8. The topological polar surface area (TPSA) is 260 Å². The number of ether oxygens (including phenoxy) is 3. The highest BCUT2D eigenvalue weighted by atomic mass is 16.5. The lowest BCUT2D eigenvalue weighted by atomic mass is 9.52. The molecule has 18 heteroatoms. The molecule has 388 valence electrons. The molecule has 0 aromatic rings. The Labute approximate surface area is 401 Å². The maximum absolute atomic E-state index is 13.5. The van der Waals surface area contributed by atoms with E-state index in [9.17, 15) is 34.5 Å². The van der Waals surface area contributed by atoms with E-state index in [1.165, 1.54) is 0 Å². The average Bonchev–Trinajstić information content (AvgIpc) is 3.63. The minimum atomic E-state index is -1.00. The smallest absolute Gasteiger partial charge is 0.317 e. The zero-order valence-electron chi connectivity index (χ0n) is 41.5. The van der Waals surface area contributed by atoms with Crippen LogP contribution in [0.2, 0.25) is 0 Å². The van der Waals surface area contributed by atoms with Crippen LogP contribution in [0.1, 0.15) is 104 Å². The summed E-state index contributed by atoms with van der Waals surface area (Å²) >= 11 is 0. The van der Waals surface area contributed by atoms with Crippen LogP contribution in [0.25, 0.3) is 0 Å². The molecule has 3 aliphatic carbocycles. The predicted molar refractivity (Wildman–Crippen MR) is 258 cm³/mol. The molecule has 4 aliphatic rings. The fraction of sp³-hybridized carbons (Fsp3) is 0.918. The third-order valence-electron chi connectivity index (χ3n) is 15.7. The molecule has 1 heterocycles. The van der Waals surface area contributed by atoms with Gasteiger partial charge < -0.3 is 52.0 Å². The van der Waals surface area contributed by atoms with Crippen molar-refractivity contribution >= 4 is 23.8 Å². The zero-order chi connectivity index (χ0) is 48.8. The molecule has 0 aromatic heterocycles. The molecule has 1 aliphatic heterocycles. The Hall–Kier alpha value is -2.52. The number of nitrogens with two attached hydrogens (primary N) is 3. The zero-order valence-corrected chi connectivity index (χ0v) is 41.5. The summed E-state index contributed by atoms with van der Waals surface area (Å²) in [5.74, 6) is -0.364. The number of hydrogen-bond acceptors (Lipinski definition) is 14. The predicted octanol–water partition coefficient (Wildman–Crippen LogP) is 2.47. The lowest BCUT2D eigenvalue weighted by molar-refractivity contribution is -0.171. The van der Waals surface area contributed by atoms with Gasteiger partial charge in [-0.15, -0.1) is 0 Å². The molecule has 3 saturated carbocycles. The van der Waals surface area contributed by atoms with Crippen molar-refractivity contribution in [2.45, 2.75) is 123 Å². The molecular formula is C49H92N8O10. The van der Waals surface area contributed by atoms with E-state index in [2.05, 4.69) is 26.1 Å². The third kappa shape index (κ3) is 19.0. The highest BCUT2D eigenvalue weighted by Gasteiger charge is 2.61. The quantitative estimate of drug-likeness (QED) is 0.0649. The van der Waals surface area contributed by atoms with Gasteiger partial charge in [0.05, 0.1) is 44.5 Å². The van der Waals surface area contributed by atoms with Crippen molar-refractivity contribution in [1.82, 2.24) is 24.9 Å². The number of rotatable bonds is 25. The van der Waals surface area contributed by atoms with Crippen molar-refractivity contribution in [3.63, 3.8) is 0 Å². The van der Waals surface area contributed by atoms with E-state index < -0.39 is 17.9 Å². The summed E-state index contributed by atoms with van der Waals surface area (Å²) in [5, 5.41) is 31.8. The lowest BCUT2D eigenvalue weighted by Gasteiger charge is -2.56. The van der Waals surface area contributed by atoms with Gasteiger partial charge in [-0.3, -0.25) is 38.8 Å². The minimum Gasteiger partial charge on any atom is -0.480 e. The van der Waals surface area contributed by atoms with Crippen molar-refractivity contribution in [3.05, 3.63) is 0 Å². The largest absolute Gasteiger partial charge is 0.480 e. The summed E-state index contributed by atoms with van der Waals surface area (Å²) < 4.78 is 20.3. The van der Waals surface area contributed by atoms with Gasteiger partial charge in [0.2, 0.25) is 5.91 Å². The molecule has 4 unspecified atom stereocenters. The van der Waals surface area contributed by atoms with Gasteiger partial charge in [0.25, 0.3) is 0 Å². The van der Waals surface area contributed by atoms with E-state index in [0.29, 0.717) is 134 Å². The van der Waals surface area contributed by atoms with E-state index in [-0.39, 0.29) is 55.8 Å². The number of carbonyl (C=O) groups excluding carboxylic acids is 1. The van der Waals surface area contributed by atoms with Crippen LogP contribution in [-0.4, -0.2) is 202 Å². The normalized spacial score (nSPS) is 30.6. The summed E-state index contributed by atoms with van der Waals surface area (Å²) in [6, 6.07) is 0. The molecule has 1 saturated heterocycles. The first-order valence-corrected chi connectivity index (χ1v) is 25.9. The monoisotopic (exact) mass is 953 g/mol. The molecule has 0 bridgehead atoms. The number of carboxylic acid groups (broad SMARTS) is 3. The van der Waals surface area contributed by atoms with Gasteiger partial charge in [-0.1, -0.05) is 27.2 Å².